The van der Waals surface area contributed by atoms with E-state index in [0.29, 0.717) is 0 Å². The summed E-state index contributed by atoms with van der Waals surface area (Å²) in [6.07, 6.45) is 1.77. The van der Waals surface area contributed by atoms with Gasteiger partial charge in [-0.2, -0.15) is 0 Å². The Morgan fingerprint density at radius 3 is 3.12 bits per heavy atom. The summed E-state index contributed by atoms with van der Waals surface area (Å²) < 4.78 is 3.95. The van der Waals surface area contributed by atoms with Gasteiger partial charge in [0.05, 0.1) is 0 Å². The number of hydrogen-bond donors (Lipinski definition) is 1. The number of aryl methyl sites for hydroxylation is 1. The van der Waals surface area contributed by atoms with Crippen LogP contribution < -0.4 is 5.32 Å². The largest absolute Gasteiger partial charge is 0.374 e. The van der Waals surface area contributed by atoms with Crippen LogP contribution in [-0.2, 0) is 5.75 Å². The van der Waals surface area contributed by atoms with Gasteiger partial charge in [-0.25, -0.2) is 9.97 Å². The van der Waals surface area contributed by atoms with Gasteiger partial charge in [0.25, 0.3) is 0 Å². The van der Waals surface area contributed by atoms with E-state index in [-0.39, 0.29) is 0 Å². The van der Waals surface area contributed by atoms with E-state index in [9.17, 15) is 0 Å². The molecule has 2 heterocycles. The minimum Gasteiger partial charge on any atom is -0.374 e. The first kappa shape index (κ1) is 12.3. The van der Waals surface area contributed by atoms with Crippen LogP contribution in [0.25, 0.3) is 0 Å². The Morgan fingerprint density at radius 1 is 1.47 bits per heavy atom. The van der Waals surface area contributed by atoms with Gasteiger partial charge < -0.3 is 5.32 Å². The summed E-state index contributed by atoms with van der Waals surface area (Å²) in [6.45, 7) is 4.89. The number of nitrogens with one attached hydrogen (secondary N) is 1. The molecule has 0 saturated heterocycles. The molecule has 0 fully saturated rings. The van der Waals surface area contributed by atoms with Gasteiger partial charge in [0.2, 0.25) is 0 Å². The van der Waals surface area contributed by atoms with Crippen molar-refractivity contribution in [3.8, 4) is 0 Å². The van der Waals surface area contributed by atoms with Gasteiger partial charge in [0, 0.05) is 35.7 Å². The molecule has 0 aliphatic carbocycles. The lowest BCUT2D eigenvalue weighted by atomic mass is 10.5. The Labute approximate surface area is 108 Å². The van der Waals surface area contributed by atoms with Crippen LogP contribution in [0.1, 0.15) is 18.3 Å². The maximum absolute atomic E-state index is 4.33. The Balaban J connectivity index is 1.99. The number of nitrogens with zero attached hydrogens (tertiary/aromatic N) is 4. The quantitative estimate of drug-likeness (QED) is 0.663. The SMILES string of the molecule is CCNc1snnc1CSc1nccc(C)n1. The highest BCUT2D eigenvalue weighted by molar-refractivity contribution is 7.98. The molecule has 5 nitrogen and oxygen atoms in total. The molecule has 2 aromatic heterocycles. The average molecular weight is 267 g/mol. The van der Waals surface area contributed by atoms with Crippen molar-refractivity contribution >= 4 is 28.3 Å². The normalized spacial score (nSPS) is 10.5. The summed E-state index contributed by atoms with van der Waals surface area (Å²) in [6, 6.07) is 1.89. The Kier molecular flexibility index (Phi) is 4.27. The third kappa shape index (κ3) is 3.37. The first-order valence-corrected chi connectivity index (χ1v) is 7.03. The minimum atomic E-state index is 0.738. The number of hydrogen-bond acceptors (Lipinski definition) is 7. The van der Waals surface area contributed by atoms with Crippen LogP contribution in [0.2, 0.25) is 0 Å². The predicted octanol–water partition coefficient (Wildman–Crippen LogP) is 2.36. The fourth-order valence-corrected chi connectivity index (χ4v) is 2.78. The van der Waals surface area contributed by atoms with Crippen LogP contribution in [0.5, 0.6) is 0 Å². The number of rotatable bonds is 5. The zero-order valence-electron chi connectivity index (χ0n) is 9.67. The van der Waals surface area contributed by atoms with Gasteiger partial charge in [0.1, 0.15) is 10.7 Å². The van der Waals surface area contributed by atoms with Gasteiger partial charge in [-0.3, -0.25) is 0 Å². The van der Waals surface area contributed by atoms with Gasteiger partial charge in [-0.05, 0) is 19.9 Å². The van der Waals surface area contributed by atoms with Crippen LogP contribution in [0, 0.1) is 6.92 Å². The summed E-state index contributed by atoms with van der Waals surface area (Å²) >= 11 is 2.96. The Hall–Kier alpha value is -1.21. The fourth-order valence-electron chi connectivity index (χ4n) is 1.23. The Morgan fingerprint density at radius 2 is 2.35 bits per heavy atom. The zero-order valence-corrected chi connectivity index (χ0v) is 11.3. The monoisotopic (exact) mass is 267 g/mol. The molecule has 0 spiro atoms. The summed E-state index contributed by atoms with van der Waals surface area (Å²) in [5.74, 6) is 0.738. The summed E-state index contributed by atoms with van der Waals surface area (Å²) in [4.78, 5) is 8.54. The lowest BCUT2D eigenvalue weighted by Crippen LogP contribution is -1.97. The highest BCUT2D eigenvalue weighted by atomic mass is 32.2. The van der Waals surface area contributed by atoms with Crippen LogP contribution in [-0.4, -0.2) is 26.1 Å². The van der Waals surface area contributed by atoms with Crippen molar-refractivity contribution in [3.05, 3.63) is 23.7 Å². The number of thioether (sulfide) groups is 1. The van der Waals surface area contributed by atoms with E-state index in [4.69, 9.17) is 0 Å². The number of aromatic nitrogens is 4. The zero-order chi connectivity index (χ0) is 12.1. The summed E-state index contributed by atoms with van der Waals surface area (Å²) in [5.41, 5.74) is 1.94. The topological polar surface area (TPSA) is 63.6 Å². The van der Waals surface area contributed by atoms with Crippen molar-refractivity contribution in [1.82, 2.24) is 19.6 Å². The van der Waals surface area contributed by atoms with Gasteiger partial charge >= 0.3 is 0 Å². The molecule has 0 unspecified atom stereocenters. The molecule has 0 aliphatic heterocycles. The van der Waals surface area contributed by atoms with Gasteiger partial charge in [0.15, 0.2) is 5.16 Å². The molecule has 1 N–H and O–H groups in total. The molecule has 0 amide bonds. The van der Waals surface area contributed by atoms with Crippen molar-refractivity contribution in [3.63, 3.8) is 0 Å². The summed E-state index contributed by atoms with van der Waals surface area (Å²) in [7, 11) is 0. The van der Waals surface area contributed by atoms with Crippen LogP contribution in [0.4, 0.5) is 5.00 Å². The van der Waals surface area contributed by atoms with E-state index in [0.717, 1.165) is 33.8 Å². The molecule has 0 aliphatic rings. The van der Waals surface area contributed by atoms with E-state index in [1.54, 1.807) is 18.0 Å². The maximum Gasteiger partial charge on any atom is 0.188 e. The highest BCUT2D eigenvalue weighted by Crippen LogP contribution is 2.25. The molecule has 0 radical (unpaired) electrons. The molecule has 90 valence electrons. The van der Waals surface area contributed by atoms with E-state index in [1.807, 2.05) is 13.0 Å². The third-order valence-corrected chi connectivity index (χ3v) is 3.60. The van der Waals surface area contributed by atoms with E-state index in [1.165, 1.54) is 11.5 Å². The van der Waals surface area contributed by atoms with Crippen LogP contribution in [0.15, 0.2) is 17.4 Å². The smallest absolute Gasteiger partial charge is 0.188 e. The second-order valence-electron chi connectivity index (χ2n) is 3.35. The van der Waals surface area contributed by atoms with Crippen LogP contribution >= 0.6 is 23.3 Å². The second-order valence-corrected chi connectivity index (χ2v) is 5.04. The van der Waals surface area contributed by atoms with Crippen molar-refractivity contribution in [1.29, 1.82) is 0 Å². The van der Waals surface area contributed by atoms with Crippen molar-refractivity contribution in [2.75, 3.05) is 11.9 Å². The molecule has 7 heteroatoms. The predicted molar refractivity (Wildman–Crippen MR) is 70.4 cm³/mol. The maximum atomic E-state index is 4.33. The van der Waals surface area contributed by atoms with E-state index in [2.05, 4.69) is 31.8 Å². The standard InChI is InChI=1S/C10H13N5S2/c1-3-11-9-8(14-15-17-9)6-16-10-12-5-4-7(2)13-10/h4-5,11H,3,6H2,1-2H3. The van der Waals surface area contributed by atoms with E-state index < -0.39 is 0 Å². The average Bonchev–Trinajstić information content (AvgIpc) is 2.75. The second kappa shape index (κ2) is 5.92. The first-order valence-electron chi connectivity index (χ1n) is 5.27. The van der Waals surface area contributed by atoms with Gasteiger partial charge in [-0.15, -0.1) is 5.10 Å². The lowest BCUT2D eigenvalue weighted by molar-refractivity contribution is 0.930. The van der Waals surface area contributed by atoms with Crippen LogP contribution in [0.3, 0.4) is 0 Å². The van der Waals surface area contributed by atoms with Gasteiger partial charge in [-0.1, -0.05) is 16.3 Å². The molecule has 2 aromatic rings. The number of anilines is 1. The molecular weight excluding hydrogens is 254 g/mol. The molecule has 0 atom stereocenters. The van der Waals surface area contributed by atoms with Crippen molar-refractivity contribution in [2.45, 2.75) is 24.8 Å². The summed E-state index contributed by atoms with van der Waals surface area (Å²) in [5, 5.41) is 9.16. The molecule has 2 rings (SSSR count). The highest BCUT2D eigenvalue weighted by Gasteiger charge is 2.08. The van der Waals surface area contributed by atoms with Crippen molar-refractivity contribution < 1.29 is 0 Å². The molecular formula is C10H13N5S2. The fraction of sp³-hybridized carbons (Fsp3) is 0.400. The lowest BCUT2D eigenvalue weighted by Gasteiger charge is -2.01. The first-order chi connectivity index (χ1) is 8.29. The molecule has 0 bridgehead atoms. The molecule has 0 saturated carbocycles. The van der Waals surface area contributed by atoms with Crippen molar-refractivity contribution in [2.24, 2.45) is 0 Å². The Bertz CT molecular complexity index is 485. The van der Waals surface area contributed by atoms with E-state index >= 15 is 0 Å². The molecule has 17 heavy (non-hydrogen) atoms. The third-order valence-electron chi connectivity index (χ3n) is 2.00. The molecule has 0 aromatic carbocycles. The minimum absolute atomic E-state index is 0.738.